The summed E-state index contributed by atoms with van der Waals surface area (Å²) in [6.07, 6.45) is 3.31. The Morgan fingerprint density at radius 3 is 2.81 bits per heavy atom. The molecule has 0 radical (unpaired) electrons. The van der Waals surface area contributed by atoms with Gasteiger partial charge < -0.3 is 15.4 Å². The average Bonchev–Trinajstić information content (AvgIpc) is 3.13. The standard InChI is InChI=1S/C19H21FN4O2/c1-13-4-9-17(18-16(13)12-22-24-18)23-19(25)21-10-2-3-11-26-15-7-5-14(20)6-8-15/h4-9,12H,2-3,10-11H2,1H3,(H,22,24)(H2,21,23,25). The number of hydrogen-bond acceptors (Lipinski definition) is 3. The first-order chi connectivity index (χ1) is 12.6. The second-order valence-corrected chi connectivity index (χ2v) is 5.98. The molecule has 0 fully saturated rings. The Bertz CT molecular complexity index is 877. The van der Waals surface area contributed by atoms with Crippen molar-refractivity contribution in [1.82, 2.24) is 15.5 Å². The van der Waals surface area contributed by atoms with Gasteiger partial charge in [0.2, 0.25) is 0 Å². The summed E-state index contributed by atoms with van der Waals surface area (Å²) in [7, 11) is 0. The minimum atomic E-state index is -0.284. The van der Waals surface area contributed by atoms with Gasteiger partial charge in [0.15, 0.2) is 0 Å². The molecule has 1 heterocycles. The van der Waals surface area contributed by atoms with Gasteiger partial charge >= 0.3 is 6.03 Å². The highest BCUT2D eigenvalue weighted by atomic mass is 19.1. The van der Waals surface area contributed by atoms with Gasteiger partial charge in [0, 0.05) is 11.9 Å². The normalized spacial score (nSPS) is 10.7. The Morgan fingerprint density at radius 1 is 1.19 bits per heavy atom. The predicted octanol–water partition coefficient (Wildman–Crippen LogP) is 3.99. The smallest absolute Gasteiger partial charge is 0.319 e. The van der Waals surface area contributed by atoms with E-state index >= 15 is 0 Å². The van der Waals surface area contributed by atoms with Gasteiger partial charge in [-0.25, -0.2) is 9.18 Å². The minimum absolute atomic E-state index is 0.260. The van der Waals surface area contributed by atoms with E-state index in [0.29, 0.717) is 24.6 Å². The van der Waals surface area contributed by atoms with E-state index in [2.05, 4.69) is 20.8 Å². The largest absolute Gasteiger partial charge is 0.494 e. The van der Waals surface area contributed by atoms with Crippen LogP contribution in [0.25, 0.3) is 10.9 Å². The first kappa shape index (κ1) is 17.7. The second kappa shape index (κ2) is 8.33. The number of H-pyrrole nitrogens is 1. The van der Waals surface area contributed by atoms with Crippen LogP contribution in [0, 0.1) is 12.7 Å². The lowest BCUT2D eigenvalue weighted by atomic mass is 10.1. The summed E-state index contributed by atoms with van der Waals surface area (Å²) >= 11 is 0. The van der Waals surface area contributed by atoms with Crippen molar-refractivity contribution in [1.29, 1.82) is 0 Å². The van der Waals surface area contributed by atoms with Gasteiger partial charge in [0.1, 0.15) is 11.6 Å². The summed E-state index contributed by atoms with van der Waals surface area (Å²) < 4.78 is 18.3. The number of aryl methyl sites for hydroxylation is 1. The Kier molecular flexibility index (Phi) is 5.68. The van der Waals surface area contributed by atoms with Gasteiger partial charge in [-0.15, -0.1) is 0 Å². The first-order valence-electron chi connectivity index (χ1n) is 8.49. The quantitative estimate of drug-likeness (QED) is 0.560. The maximum Gasteiger partial charge on any atom is 0.319 e. The molecule has 3 N–H and O–H groups in total. The molecule has 0 saturated carbocycles. The number of aromatic nitrogens is 2. The van der Waals surface area contributed by atoms with Crippen molar-refractivity contribution >= 4 is 22.6 Å². The highest BCUT2D eigenvalue weighted by Gasteiger charge is 2.08. The lowest BCUT2D eigenvalue weighted by Gasteiger charge is -2.09. The van der Waals surface area contributed by atoms with Crippen molar-refractivity contribution < 1.29 is 13.9 Å². The van der Waals surface area contributed by atoms with E-state index in [1.807, 2.05) is 19.1 Å². The maximum atomic E-state index is 12.8. The third kappa shape index (κ3) is 4.50. The van der Waals surface area contributed by atoms with Crippen LogP contribution in [0.2, 0.25) is 0 Å². The number of nitrogens with one attached hydrogen (secondary N) is 3. The van der Waals surface area contributed by atoms with Gasteiger partial charge in [-0.1, -0.05) is 6.07 Å². The second-order valence-electron chi connectivity index (χ2n) is 5.98. The number of urea groups is 1. The Labute approximate surface area is 150 Å². The number of carbonyl (C=O) groups excluding carboxylic acids is 1. The Morgan fingerprint density at radius 2 is 2.00 bits per heavy atom. The molecule has 0 saturated heterocycles. The molecule has 2 amide bonds. The van der Waals surface area contributed by atoms with Crippen LogP contribution in [0.5, 0.6) is 5.75 Å². The number of fused-ring (bicyclic) bond motifs is 1. The number of rotatable bonds is 7. The van der Waals surface area contributed by atoms with E-state index in [1.165, 1.54) is 12.1 Å². The van der Waals surface area contributed by atoms with Gasteiger partial charge in [-0.2, -0.15) is 5.10 Å². The number of benzene rings is 2. The summed E-state index contributed by atoms with van der Waals surface area (Å²) in [6.45, 7) is 3.05. The van der Waals surface area contributed by atoms with E-state index in [0.717, 1.165) is 29.3 Å². The number of unbranched alkanes of at least 4 members (excludes halogenated alkanes) is 1. The number of amides is 2. The van der Waals surface area contributed by atoms with Crippen molar-refractivity contribution in [2.75, 3.05) is 18.5 Å². The summed E-state index contributed by atoms with van der Waals surface area (Å²) in [6, 6.07) is 9.46. The van der Waals surface area contributed by atoms with E-state index in [-0.39, 0.29) is 11.8 Å². The SMILES string of the molecule is Cc1ccc(NC(=O)NCCCCOc2ccc(F)cc2)c2[nH]ncc12. The molecule has 0 bridgehead atoms. The molecule has 0 aliphatic carbocycles. The molecule has 0 aliphatic heterocycles. The van der Waals surface area contributed by atoms with Crippen molar-refractivity contribution in [3.63, 3.8) is 0 Å². The van der Waals surface area contributed by atoms with Crippen LogP contribution in [-0.2, 0) is 0 Å². The third-order valence-corrected chi connectivity index (χ3v) is 4.02. The van der Waals surface area contributed by atoms with E-state index in [9.17, 15) is 9.18 Å². The van der Waals surface area contributed by atoms with Crippen LogP contribution in [0.4, 0.5) is 14.9 Å². The van der Waals surface area contributed by atoms with Crippen LogP contribution < -0.4 is 15.4 Å². The van der Waals surface area contributed by atoms with Crippen LogP contribution in [0.1, 0.15) is 18.4 Å². The number of ether oxygens (including phenoxy) is 1. The Hall–Kier alpha value is -3.09. The molecule has 0 atom stereocenters. The molecule has 26 heavy (non-hydrogen) atoms. The summed E-state index contributed by atoms with van der Waals surface area (Å²) in [4.78, 5) is 12.0. The number of halogens is 1. The topological polar surface area (TPSA) is 79.0 Å². The van der Waals surface area contributed by atoms with E-state index in [4.69, 9.17) is 4.74 Å². The van der Waals surface area contributed by atoms with Gasteiger partial charge in [0.25, 0.3) is 0 Å². The van der Waals surface area contributed by atoms with Crippen molar-refractivity contribution in [2.45, 2.75) is 19.8 Å². The van der Waals surface area contributed by atoms with E-state index in [1.54, 1.807) is 18.3 Å². The molecule has 6 nitrogen and oxygen atoms in total. The zero-order valence-electron chi connectivity index (χ0n) is 14.5. The highest BCUT2D eigenvalue weighted by Crippen LogP contribution is 2.23. The molecule has 3 aromatic rings. The molecule has 1 aromatic heterocycles. The molecule has 136 valence electrons. The number of carbonyl (C=O) groups is 1. The number of aromatic amines is 1. The fourth-order valence-electron chi connectivity index (χ4n) is 2.59. The zero-order valence-corrected chi connectivity index (χ0v) is 14.5. The molecule has 0 unspecified atom stereocenters. The monoisotopic (exact) mass is 356 g/mol. The van der Waals surface area contributed by atoms with Gasteiger partial charge in [0.05, 0.1) is 24.0 Å². The summed E-state index contributed by atoms with van der Waals surface area (Å²) in [5.41, 5.74) is 2.61. The van der Waals surface area contributed by atoms with Crippen LogP contribution >= 0.6 is 0 Å². The van der Waals surface area contributed by atoms with E-state index < -0.39 is 0 Å². The number of nitrogens with zero attached hydrogens (tertiary/aromatic N) is 1. The van der Waals surface area contributed by atoms with Gasteiger partial charge in [-0.3, -0.25) is 5.10 Å². The number of hydrogen-bond donors (Lipinski definition) is 3. The summed E-state index contributed by atoms with van der Waals surface area (Å²) in [5.74, 6) is 0.355. The number of anilines is 1. The fraction of sp³-hybridized carbons (Fsp3) is 0.263. The van der Waals surface area contributed by atoms with Crippen LogP contribution in [0.15, 0.2) is 42.6 Å². The lowest BCUT2D eigenvalue weighted by molar-refractivity contribution is 0.251. The fourth-order valence-corrected chi connectivity index (χ4v) is 2.59. The van der Waals surface area contributed by atoms with Crippen LogP contribution in [0.3, 0.4) is 0 Å². The third-order valence-electron chi connectivity index (χ3n) is 4.02. The minimum Gasteiger partial charge on any atom is -0.494 e. The average molecular weight is 356 g/mol. The molecule has 3 rings (SSSR count). The first-order valence-corrected chi connectivity index (χ1v) is 8.49. The molecule has 2 aromatic carbocycles. The van der Waals surface area contributed by atoms with Crippen molar-refractivity contribution in [3.05, 3.63) is 54.0 Å². The molecule has 7 heteroatoms. The predicted molar refractivity (Wildman–Crippen MR) is 99.0 cm³/mol. The van der Waals surface area contributed by atoms with Crippen molar-refractivity contribution in [3.8, 4) is 5.75 Å². The zero-order chi connectivity index (χ0) is 18.4. The van der Waals surface area contributed by atoms with Crippen LogP contribution in [-0.4, -0.2) is 29.4 Å². The highest BCUT2D eigenvalue weighted by molar-refractivity contribution is 6.00. The van der Waals surface area contributed by atoms with Crippen molar-refractivity contribution in [2.24, 2.45) is 0 Å². The molecular weight excluding hydrogens is 335 g/mol. The molecular formula is C19H21FN4O2. The van der Waals surface area contributed by atoms with Gasteiger partial charge in [-0.05, 0) is 55.7 Å². The maximum absolute atomic E-state index is 12.8. The molecule has 0 spiro atoms. The molecule has 0 aliphatic rings. The summed E-state index contributed by atoms with van der Waals surface area (Å²) in [5, 5.41) is 13.6. The lowest BCUT2D eigenvalue weighted by Crippen LogP contribution is -2.29. The Balaban J connectivity index is 1.37.